The first kappa shape index (κ1) is 21.6. The van der Waals surface area contributed by atoms with Gasteiger partial charge in [-0.1, -0.05) is 42.5 Å². The summed E-state index contributed by atoms with van der Waals surface area (Å²) in [7, 11) is 1.61. The molecule has 2 amide bonds. The fourth-order valence-electron chi connectivity index (χ4n) is 3.40. The van der Waals surface area contributed by atoms with Crippen LogP contribution in [0.25, 0.3) is 0 Å². The fraction of sp³-hybridized carbons (Fsp3) is 0.160. The Hall–Kier alpha value is -3.58. The van der Waals surface area contributed by atoms with Gasteiger partial charge in [0.05, 0.1) is 19.1 Å². The number of benzene rings is 3. The van der Waals surface area contributed by atoms with Crippen molar-refractivity contribution in [3.8, 4) is 5.75 Å². The van der Waals surface area contributed by atoms with Crippen molar-refractivity contribution >= 4 is 29.8 Å². The van der Waals surface area contributed by atoms with E-state index >= 15 is 0 Å². The molecule has 0 spiro atoms. The maximum absolute atomic E-state index is 12.4. The van der Waals surface area contributed by atoms with Crippen molar-refractivity contribution in [3.05, 3.63) is 101 Å². The lowest BCUT2D eigenvalue weighted by Gasteiger charge is -2.24. The summed E-state index contributed by atoms with van der Waals surface area (Å²) in [6.45, 7) is 0.569. The van der Waals surface area contributed by atoms with E-state index in [2.05, 4.69) is 10.5 Å². The molecular weight excluding hydrogens is 422 g/mol. The van der Waals surface area contributed by atoms with Gasteiger partial charge in [0.15, 0.2) is 0 Å². The molecule has 0 radical (unpaired) electrons. The molecule has 1 N–H and O–H groups in total. The van der Waals surface area contributed by atoms with Crippen LogP contribution >= 0.6 is 11.8 Å². The predicted octanol–water partition coefficient (Wildman–Crippen LogP) is 4.23. The molecule has 1 aliphatic rings. The standard InChI is InChI=1S/C25H23N3O3S/c1-31-22-13-7-18(8-14-22)15-26-27-24(30)20-9-11-21(12-10-20)25-28(23(29)17-32-25)16-19-5-3-2-4-6-19/h2-15,25H,16-17H2,1H3,(H,27,30)/b26-15-/t25-/m0/s1. The number of methoxy groups -OCH3 is 1. The maximum Gasteiger partial charge on any atom is 0.271 e. The van der Waals surface area contributed by atoms with Crippen LogP contribution in [0.5, 0.6) is 5.75 Å². The molecule has 0 aliphatic carbocycles. The van der Waals surface area contributed by atoms with E-state index in [1.165, 1.54) is 0 Å². The lowest BCUT2D eigenvalue weighted by atomic mass is 10.1. The third-order valence-electron chi connectivity index (χ3n) is 5.12. The van der Waals surface area contributed by atoms with Gasteiger partial charge in [0.1, 0.15) is 11.1 Å². The van der Waals surface area contributed by atoms with Gasteiger partial charge in [-0.2, -0.15) is 5.10 Å². The minimum atomic E-state index is -0.294. The van der Waals surface area contributed by atoms with Crippen LogP contribution in [-0.2, 0) is 11.3 Å². The summed E-state index contributed by atoms with van der Waals surface area (Å²) in [6, 6.07) is 24.6. The molecule has 0 unspecified atom stereocenters. The highest BCUT2D eigenvalue weighted by molar-refractivity contribution is 8.00. The van der Waals surface area contributed by atoms with Gasteiger partial charge in [0.25, 0.3) is 5.91 Å². The van der Waals surface area contributed by atoms with Crippen LogP contribution in [0.3, 0.4) is 0 Å². The molecule has 0 aromatic heterocycles. The molecule has 7 heteroatoms. The summed E-state index contributed by atoms with van der Waals surface area (Å²) < 4.78 is 5.12. The van der Waals surface area contributed by atoms with Crippen LogP contribution in [0, 0.1) is 0 Å². The van der Waals surface area contributed by atoms with Gasteiger partial charge < -0.3 is 9.64 Å². The molecule has 1 saturated heterocycles. The summed E-state index contributed by atoms with van der Waals surface area (Å²) in [5.41, 5.74) is 5.99. The Labute approximate surface area is 191 Å². The first-order valence-corrected chi connectivity index (χ1v) is 11.2. The van der Waals surface area contributed by atoms with Crippen molar-refractivity contribution in [2.24, 2.45) is 5.10 Å². The molecule has 3 aromatic carbocycles. The highest BCUT2D eigenvalue weighted by atomic mass is 32.2. The average Bonchev–Trinajstić information content (AvgIpc) is 3.20. The van der Waals surface area contributed by atoms with Crippen LogP contribution in [0.15, 0.2) is 84.0 Å². The van der Waals surface area contributed by atoms with Gasteiger partial charge >= 0.3 is 0 Å². The first-order chi connectivity index (χ1) is 15.6. The Bertz CT molecular complexity index is 1100. The molecule has 1 fully saturated rings. The van der Waals surface area contributed by atoms with Crippen molar-refractivity contribution in [3.63, 3.8) is 0 Å². The van der Waals surface area contributed by atoms with Crippen LogP contribution in [0.4, 0.5) is 0 Å². The Morgan fingerprint density at radius 3 is 2.50 bits per heavy atom. The molecule has 1 heterocycles. The molecule has 32 heavy (non-hydrogen) atoms. The van der Waals surface area contributed by atoms with Crippen molar-refractivity contribution in [2.75, 3.05) is 12.9 Å². The first-order valence-electron chi connectivity index (χ1n) is 10.2. The molecule has 1 aliphatic heterocycles. The summed E-state index contributed by atoms with van der Waals surface area (Å²) >= 11 is 1.60. The normalized spacial score (nSPS) is 15.8. The van der Waals surface area contributed by atoms with Crippen LogP contribution in [-0.4, -0.2) is 35.8 Å². The molecule has 1 atom stereocenters. The van der Waals surface area contributed by atoms with Gasteiger partial charge in [-0.15, -0.1) is 11.8 Å². The quantitative estimate of drug-likeness (QED) is 0.436. The van der Waals surface area contributed by atoms with Crippen molar-refractivity contribution in [1.29, 1.82) is 0 Å². The zero-order valence-electron chi connectivity index (χ0n) is 17.6. The number of rotatable bonds is 7. The highest BCUT2D eigenvalue weighted by Crippen LogP contribution is 2.39. The molecule has 3 aromatic rings. The molecule has 162 valence electrons. The van der Waals surface area contributed by atoms with E-state index in [1.807, 2.05) is 71.6 Å². The van der Waals surface area contributed by atoms with E-state index in [0.717, 1.165) is 22.4 Å². The van der Waals surface area contributed by atoms with E-state index in [1.54, 1.807) is 37.2 Å². The van der Waals surface area contributed by atoms with Gasteiger partial charge in [-0.25, -0.2) is 5.43 Å². The second-order valence-corrected chi connectivity index (χ2v) is 8.33. The summed E-state index contributed by atoms with van der Waals surface area (Å²) in [4.78, 5) is 26.7. The minimum Gasteiger partial charge on any atom is -0.497 e. The smallest absolute Gasteiger partial charge is 0.271 e. The summed E-state index contributed by atoms with van der Waals surface area (Å²) in [5.74, 6) is 1.05. The van der Waals surface area contributed by atoms with Gasteiger partial charge in [-0.3, -0.25) is 9.59 Å². The number of carbonyl (C=O) groups excluding carboxylic acids is 2. The highest BCUT2D eigenvalue weighted by Gasteiger charge is 2.32. The molecule has 6 nitrogen and oxygen atoms in total. The maximum atomic E-state index is 12.4. The number of nitrogens with zero attached hydrogens (tertiary/aromatic N) is 2. The van der Waals surface area contributed by atoms with E-state index in [-0.39, 0.29) is 17.2 Å². The van der Waals surface area contributed by atoms with Gasteiger partial charge in [0, 0.05) is 12.1 Å². The monoisotopic (exact) mass is 445 g/mol. The lowest BCUT2D eigenvalue weighted by molar-refractivity contribution is -0.128. The van der Waals surface area contributed by atoms with E-state index < -0.39 is 0 Å². The Morgan fingerprint density at radius 1 is 1.09 bits per heavy atom. The van der Waals surface area contributed by atoms with Gasteiger partial charge in [-0.05, 0) is 53.1 Å². The Morgan fingerprint density at radius 2 is 1.81 bits per heavy atom. The third-order valence-corrected chi connectivity index (χ3v) is 6.37. The number of hydrogen-bond donors (Lipinski definition) is 1. The minimum absolute atomic E-state index is 0.0621. The van der Waals surface area contributed by atoms with Crippen LogP contribution in [0.2, 0.25) is 0 Å². The largest absolute Gasteiger partial charge is 0.497 e. The molecule has 0 bridgehead atoms. The van der Waals surface area contributed by atoms with Crippen LogP contribution in [0.1, 0.15) is 32.4 Å². The zero-order chi connectivity index (χ0) is 22.3. The van der Waals surface area contributed by atoms with E-state index in [4.69, 9.17) is 4.74 Å². The average molecular weight is 446 g/mol. The van der Waals surface area contributed by atoms with Crippen LogP contribution < -0.4 is 10.2 Å². The summed E-state index contributed by atoms with van der Waals surface area (Å²) in [6.07, 6.45) is 1.58. The Kier molecular flexibility index (Phi) is 6.87. The fourth-order valence-corrected chi connectivity index (χ4v) is 4.59. The lowest BCUT2D eigenvalue weighted by Crippen LogP contribution is -2.27. The van der Waals surface area contributed by atoms with Crippen molar-refractivity contribution in [1.82, 2.24) is 10.3 Å². The van der Waals surface area contributed by atoms with E-state index in [9.17, 15) is 9.59 Å². The molecule has 4 rings (SSSR count). The SMILES string of the molecule is COc1ccc(/C=N\NC(=O)c2ccc([C@@H]3SCC(=O)N3Cc3ccccc3)cc2)cc1. The van der Waals surface area contributed by atoms with E-state index in [0.29, 0.717) is 17.9 Å². The molecule has 0 saturated carbocycles. The zero-order valence-corrected chi connectivity index (χ0v) is 18.4. The second-order valence-electron chi connectivity index (χ2n) is 7.26. The number of ether oxygens (including phenoxy) is 1. The van der Waals surface area contributed by atoms with Gasteiger partial charge in [0.2, 0.25) is 5.91 Å². The molecular formula is C25H23N3O3S. The second kappa shape index (κ2) is 10.2. The number of nitrogens with one attached hydrogen (secondary N) is 1. The number of thioether (sulfide) groups is 1. The number of hydrazone groups is 1. The predicted molar refractivity (Wildman–Crippen MR) is 127 cm³/mol. The number of amides is 2. The summed E-state index contributed by atoms with van der Waals surface area (Å²) in [5, 5.41) is 3.96. The topological polar surface area (TPSA) is 71.0 Å². The number of carbonyl (C=O) groups is 2. The van der Waals surface area contributed by atoms with Crippen molar-refractivity contribution < 1.29 is 14.3 Å². The number of hydrogen-bond acceptors (Lipinski definition) is 5. The Balaban J connectivity index is 1.38. The van der Waals surface area contributed by atoms with Crippen molar-refractivity contribution in [2.45, 2.75) is 11.9 Å². The third kappa shape index (κ3) is 5.18.